The molecule has 0 aliphatic heterocycles. The molecular formula is C14H21ClN2O3. The third-order valence-corrected chi connectivity index (χ3v) is 2.91. The number of benzene rings is 1. The molecule has 1 atom stereocenters. The second kappa shape index (κ2) is 8.55. The zero-order valence-electron chi connectivity index (χ0n) is 11.9. The molecule has 0 aliphatic carbocycles. The SMILES string of the molecule is CN(C)C(=O)C(c1ccccc1)N(C)CCC(=O)O.Cl. The van der Waals surface area contributed by atoms with Crippen LogP contribution in [0.5, 0.6) is 0 Å². The van der Waals surface area contributed by atoms with E-state index in [2.05, 4.69) is 0 Å². The summed E-state index contributed by atoms with van der Waals surface area (Å²) < 4.78 is 0. The fourth-order valence-electron chi connectivity index (χ4n) is 1.87. The Morgan fingerprint density at radius 1 is 1.15 bits per heavy atom. The molecule has 1 amide bonds. The van der Waals surface area contributed by atoms with Crippen LogP contribution in [0.15, 0.2) is 30.3 Å². The maximum atomic E-state index is 12.3. The molecule has 0 aliphatic rings. The summed E-state index contributed by atoms with van der Waals surface area (Å²) >= 11 is 0. The molecule has 0 aromatic heterocycles. The molecule has 0 heterocycles. The van der Waals surface area contributed by atoms with Crippen molar-refractivity contribution in [2.45, 2.75) is 12.5 Å². The fourth-order valence-corrected chi connectivity index (χ4v) is 1.87. The van der Waals surface area contributed by atoms with Gasteiger partial charge in [-0.05, 0) is 12.6 Å². The second-order valence-corrected chi connectivity index (χ2v) is 4.67. The van der Waals surface area contributed by atoms with Crippen molar-refractivity contribution in [2.75, 3.05) is 27.7 Å². The Kier molecular flexibility index (Phi) is 7.87. The maximum absolute atomic E-state index is 12.3. The van der Waals surface area contributed by atoms with Crippen molar-refractivity contribution >= 4 is 24.3 Å². The van der Waals surface area contributed by atoms with Crippen molar-refractivity contribution in [2.24, 2.45) is 0 Å². The monoisotopic (exact) mass is 300 g/mol. The number of hydrogen-bond donors (Lipinski definition) is 1. The van der Waals surface area contributed by atoms with Crippen LogP contribution in [0.4, 0.5) is 0 Å². The first-order chi connectivity index (χ1) is 8.93. The lowest BCUT2D eigenvalue weighted by Gasteiger charge is -2.29. The normalized spacial score (nSPS) is 11.6. The van der Waals surface area contributed by atoms with Crippen molar-refractivity contribution in [1.29, 1.82) is 0 Å². The standard InChI is InChI=1S/C14H20N2O3.ClH/c1-15(2)14(19)13(11-7-5-4-6-8-11)16(3)10-9-12(17)18;/h4-8,13H,9-10H2,1-3H3,(H,17,18);1H. The van der Waals surface area contributed by atoms with Gasteiger partial charge in [-0.2, -0.15) is 0 Å². The summed E-state index contributed by atoms with van der Waals surface area (Å²) in [5.41, 5.74) is 0.870. The van der Waals surface area contributed by atoms with E-state index in [0.29, 0.717) is 6.54 Å². The minimum atomic E-state index is -0.865. The number of hydrogen-bond acceptors (Lipinski definition) is 3. The predicted octanol–water partition coefficient (Wildman–Crippen LogP) is 1.64. The van der Waals surface area contributed by atoms with E-state index in [9.17, 15) is 9.59 Å². The van der Waals surface area contributed by atoms with Gasteiger partial charge in [0.2, 0.25) is 5.91 Å². The number of halogens is 1. The lowest BCUT2D eigenvalue weighted by Crippen LogP contribution is -2.39. The van der Waals surface area contributed by atoms with Crippen LogP contribution >= 0.6 is 12.4 Å². The number of likely N-dealkylation sites (N-methyl/N-ethyl adjacent to an activating group) is 2. The molecular weight excluding hydrogens is 280 g/mol. The van der Waals surface area contributed by atoms with Gasteiger partial charge in [0.05, 0.1) is 6.42 Å². The highest BCUT2D eigenvalue weighted by Crippen LogP contribution is 2.21. The summed E-state index contributed by atoms with van der Waals surface area (Å²) in [5.74, 6) is -0.921. The van der Waals surface area contributed by atoms with E-state index < -0.39 is 12.0 Å². The zero-order valence-corrected chi connectivity index (χ0v) is 12.8. The molecule has 0 saturated heterocycles. The highest BCUT2D eigenvalue weighted by atomic mass is 35.5. The summed E-state index contributed by atoms with van der Waals surface area (Å²) in [4.78, 5) is 26.2. The van der Waals surface area contributed by atoms with Gasteiger partial charge >= 0.3 is 5.97 Å². The lowest BCUT2D eigenvalue weighted by molar-refractivity contribution is -0.139. The van der Waals surface area contributed by atoms with E-state index >= 15 is 0 Å². The first-order valence-corrected chi connectivity index (χ1v) is 6.11. The average Bonchev–Trinajstić information content (AvgIpc) is 2.37. The van der Waals surface area contributed by atoms with Crippen LogP contribution < -0.4 is 0 Å². The topological polar surface area (TPSA) is 60.9 Å². The van der Waals surface area contributed by atoms with Gasteiger partial charge in [0, 0.05) is 20.6 Å². The minimum Gasteiger partial charge on any atom is -0.481 e. The van der Waals surface area contributed by atoms with Crippen LogP contribution in [0.3, 0.4) is 0 Å². The van der Waals surface area contributed by atoms with E-state index in [1.165, 1.54) is 4.90 Å². The van der Waals surface area contributed by atoms with E-state index in [1.807, 2.05) is 30.3 Å². The van der Waals surface area contributed by atoms with E-state index in [0.717, 1.165) is 5.56 Å². The number of aliphatic carboxylic acids is 1. The molecule has 1 aromatic carbocycles. The van der Waals surface area contributed by atoms with Crippen LogP contribution in [0.2, 0.25) is 0 Å². The largest absolute Gasteiger partial charge is 0.481 e. The van der Waals surface area contributed by atoms with Crippen molar-refractivity contribution in [3.05, 3.63) is 35.9 Å². The van der Waals surface area contributed by atoms with Gasteiger partial charge in [-0.15, -0.1) is 12.4 Å². The fraction of sp³-hybridized carbons (Fsp3) is 0.429. The Bertz CT molecular complexity index is 437. The third kappa shape index (κ3) is 5.19. The van der Waals surface area contributed by atoms with E-state index in [1.54, 1.807) is 26.0 Å². The first-order valence-electron chi connectivity index (χ1n) is 6.11. The van der Waals surface area contributed by atoms with Crippen molar-refractivity contribution in [3.8, 4) is 0 Å². The van der Waals surface area contributed by atoms with Gasteiger partial charge < -0.3 is 10.0 Å². The number of carbonyl (C=O) groups excluding carboxylic acids is 1. The summed E-state index contributed by atoms with van der Waals surface area (Å²) in [6, 6.07) is 8.94. The number of nitrogens with zero attached hydrogens (tertiary/aromatic N) is 2. The highest BCUT2D eigenvalue weighted by Gasteiger charge is 2.26. The molecule has 0 saturated carbocycles. The molecule has 0 radical (unpaired) electrons. The Morgan fingerprint density at radius 2 is 1.70 bits per heavy atom. The van der Waals surface area contributed by atoms with Gasteiger partial charge in [-0.25, -0.2) is 0 Å². The molecule has 0 fully saturated rings. The number of rotatable bonds is 6. The molecule has 6 heteroatoms. The van der Waals surface area contributed by atoms with Crippen LogP contribution in [0, 0.1) is 0 Å². The van der Waals surface area contributed by atoms with Crippen LogP contribution in [0.25, 0.3) is 0 Å². The van der Waals surface area contributed by atoms with Gasteiger partial charge in [0.1, 0.15) is 6.04 Å². The van der Waals surface area contributed by atoms with Crippen molar-refractivity contribution in [3.63, 3.8) is 0 Å². The number of carbonyl (C=O) groups is 2. The van der Waals surface area contributed by atoms with E-state index in [-0.39, 0.29) is 24.7 Å². The Hall–Kier alpha value is -1.59. The zero-order chi connectivity index (χ0) is 14.4. The van der Waals surface area contributed by atoms with Gasteiger partial charge in [-0.3, -0.25) is 14.5 Å². The molecule has 112 valence electrons. The summed E-state index contributed by atoms with van der Waals surface area (Å²) in [5, 5.41) is 8.74. The molecule has 5 nitrogen and oxygen atoms in total. The number of amides is 1. The highest BCUT2D eigenvalue weighted by molar-refractivity contribution is 5.85. The van der Waals surface area contributed by atoms with Gasteiger partial charge in [0.25, 0.3) is 0 Å². The molecule has 1 aromatic rings. The quantitative estimate of drug-likeness (QED) is 0.868. The number of carboxylic acid groups (broad SMARTS) is 1. The molecule has 0 spiro atoms. The van der Waals surface area contributed by atoms with Gasteiger partial charge in [-0.1, -0.05) is 30.3 Å². The average molecular weight is 301 g/mol. The van der Waals surface area contributed by atoms with Gasteiger partial charge in [0.15, 0.2) is 0 Å². The number of carboxylic acids is 1. The Labute approximate surface area is 125 Å². The molecule has 1 N–H and O–H groups in total. The Balaban J connectivity index is 0.00000361. The molecule has 1 rings (SSSR count). The third-order valence-electron chi connectivity index (χ3n) is 2.91. The minimum absolute atomic E-state index is 0. The van der Waals surface area contributed by atoms with Crippen LogP contribution in [0.1, 0.15) is 18.0 Å². The van der Waals surface area contributed by atoms with Crippen LogP contribution in [-0.2, 0) is 9.59 Å². The lowest BCUT2D eigenvalue weighted by atomic mass is 10.0. The predicted molar refractivity (Wildman–Crippen MR) is 80.0 cm³/mol. The van der Waals surface area contributed by atoms with Crippen molar-refractivity contribution in [1.82, 2.24) is 9.80 Å². The first kappa shape index (κ1) is 18.4. The Morgan fingerprint density at radius 3 is 2.15 bits per heavy atom. The van der Waals surface area contributed by atoms with E-state index in [4.69, 9.17) is 5.11 Å². The summed E-state index contributed by atoms with van der Waals surface area (Å²) in [6.45, 7) is 0.328. The summed E-state index contributed by atoms with van der Waals surface area (Å²) in [7, 11) is 5.16. The summed E-state index contributed by atoms with van der Waals surface area (Å²) in [6.07, 6.45) is 0.0144. The van der Waals surface area contributed by atoms with Crippen molar-refractivity contribution < 1.29 is 14.7 Å². The second-order valence-electron chi connectivity index (χ2n) is 4.67. The molecule has 0 bridgehead atoms. The maximum Gasteiger partial charge on any atom is 0.304 e. The molecule has 1 unspecified atom stereocenters. The smallest absolute Gasteiger partial charge is 0.304 e. The molecule has 20 heavy (non-hydrogen) atoms. The van der Waals surface area contributed by atoms with Crippen LogP contribution in [-0.4, -0.2) is 54.5 Å².